The second kappa shape index (κ2) is 10.9. The molecule has 1 unspecified atom stereocenters. The highest BCUT2D eigenvalue weighted by molar-refractivity contribution is 7.99. The van der Waals surface area contributed by atoms with Crippen molar-refractivity contribution in [3.63, 3.8) is 0 Å². The van der Waals surface area contributed by atoms with E-state index in [0.29, 0.717) is 23.9 Å². The van der Waals surface area contributed by atoms with Crippen molar-refractivity contribution in [1.29, 1.82) is 0 Å². The van der Waals surface area contributed by atoms with Crippen LogP contribution in [0.3, 0.4) is 0 Å². The minimum absolute atomic E-state index is 0.223. The van der Waals surface area contributed by atoms with Crippen LogP contribution in [0.1, 0.15) is 5.56 Å². The molecule has 1 atom stereocenters. The molecule has 2 aromatic carbocycles. The van der Waals surface area contributed by atoms with Gasteiger partial charge in [-0.25, -0.2) is 4.98 Å². The first-order valence-electron chi connectivity index (χ1n) is 9.42. The quantitative estimate of drug-likeness (QED) is 0.466. The Hall–Kier alpha value is -2.68. The van der Waals surface area contributed by atoms with Gasteiger partial charge in [0.25, 0.3) is 0 Å². The van der Waals surface area contributed by atoms with Crippen LogP contribution in [0.15, 0.2) is 60.0 Å². The molecule has 1 heterocycles. The number of aromatic nitrogens is 2. The Morgan fingerprint density at radius 3 is 2.63 bits per heavy atom. The molecule has 1 N–H and O–H groups in total. The zero-order valence-corrected chi connectivity index (χ0v) is 18.1. The Morgan fingerprint density at radius 1 is 1.03 bits per heavy atom. The number of aliphatic hydroxyl groups is 1. The molecule has 30 heavy (non-hydrogen) atoms. The zero-order valence-electron chi connectivity index (χ0n) is 17.3. The van der Waals surface area contributed by atoms with E-state index in [9.17, 15) is 5.11 Å². The van der Waals surface area contributed by atoms with E-state index in [0.717, 1.165) is 22.2 Å². The lowest BCUT2D eigenvalue weighted by atomic mass is 10.2. The van der Waals surface area contributed by atoms with Gasteiger partial charge in [0.05, 0.1) is 46.3 Å². The molecule has 0 fully saturated rings. The van der Waals surface area contributed by atoms with Crippen LogP contribution in [-0.4, -0.2) is 54.5 Å². The largest absolute Gasteiger partial charge is 0.497 e. The minimum atomic E-state index is -0.620. The van der Waals surface area contributed by atoms with Crippen LogP contribution in [0.5, 0.6) is 17.2 Å². The fraction of sp³-hybridized carbons (Fsp3) is 0.318. The van der Waals surface area contributed by atoms with Gasteiger partial charge in [-0.3, -0.25) is 4.57 Å². The van der Waals surface area contributed by atoms with Crippen molar-refractivity contribution in [2.45, 2.75) is 17.9 Å². The van der Waals surface area contributed by atoms with Crippen molar-refractivity contribution >= 4 is 11.8 Å². The van der Waals surface area contributed by atoms with Gasteiger partial charge in [-0.1, -0.05) is 23.9 Å². The number of rotatable bonds is 11. The van der Waals surface area contributed by atoms with Gasteiger partial charge in [0.1, 0.15) is 5.75 Å². The van der Waals surface area contributed by atoms with Gasteiger partial charge in [0, 0.05) is 24.2 Å². The van der Waals surface area contributed by atoms with Crippen molar-refractivity contribution in [2.75, 3.05) is 33.7 Å². The first-order chi connectivity index (χ1) is 14.6. The minimum Gasteiger partial charge on any atom is -0.497 e. The van der Waals surface area contributed by atoms with E-state index in [1.54, 1.807) is 27.5 Å². The Kier molecular flexibility index (Phi) is 8.01. The summed E-state index contributed by atoms with van der Waals surface area (Å²) in [5.41, 5.74) is 1.90. The monoisotopic (exact) mass is 430 g/mol. The van der Waals surface area contributed by atoms with E-state index in [4.69, 9.17) is 18.9 Å². The molecule has 3 aromatic rings. The molecule has 0 radical (unpaired) electrons. The molecule has 0 saturated carbocycles. The normalized spacial score (nSPS) is 11.9. The zero-order chi connectivity index (χ0) is 21.3. The lowest BCUT2D eigenvalue weighted by Gasteiger charge is -2.13. The van der Waals surface area contributed by atoms with Crippen LogP contribution in [0, 0.1) is 0 Å². The smallest absolute Gasteiger partial charge is 0.172 e. The van der Waals surface area contributed by atoms with Gasteiger partial charge >= 0.3 is 0 Å². The summed E-state index contributed by atoms with van der Waals surface area (Å²) in [7, 11) is 4.83. The molecular weight excluding hydrogens is 404 g/mol. The third-order valence-corrected chi connectivity index (χ3v) is 5.48. The molecule has 7 nitrogen and oxygen atoms in total. The fourth-order valence-electron chi connectivity index (χ4n) is 2.86. The average molecular weight is 431 g/mol. The molecule has 0 aliphatic rings. The van der Waals surface area contributed by atoms with E-state index < -0.39 is 6.10 Å². The molecule has 0 aliphatic heterocycles. The Bertz CT molecular complexity index is 947. The molecule has 3 rings (SSSR count). The summed E-state index contributed by atoms with van der Waals surface area (Å²) in [6.45, 7) is 0.599. The van der Waals surface area contributed by atoms with Crippen molar-refractivity contribution in [2.24, 2.45) is 0 Å². The number of methoxy groups -OCH3 is 3. The molecule has 0 saturated heterocycles. The number of aliphatic hydroxyl groups excluding tert-OH is 1. The van der Waals surface area contributed by atoms with Gasteiger partial charge in [-0.15, -0.1) is 0 Å². The number of hydrogen-bond donors (Lipinski definition) is 1. The Balaban J connectivity index is 1.50. The number of hydrogen-bond acceptors (Lipinski definition) is 7. The lowest BCUT2D eigenvalue weighted by Crippen LogP contribution is -2.18. The second-order valence-corrected chi connectivity index (χ2v) is 7.44. The molecule has 0 bridgehead atoms. The predicted molar refractivity (Wildman–Crippen MR) is 116 cm³/mol. The van der Waals surface area contributed by atoms with Gasteiger partial charge in [-0.2, -0.15) is 0 Å². The lowest BCUT2D eigenvalue weighted by molar-refractivity contribution is 0.0397. The number of ether oxygens (including phenoxy) is 4. The standard InChI is InChI=1S/C22H26N2O5S/c1-26-19-6-4-5-17(12-19)24-10-9-23-22(24)30-15-18(25)14-29-13-16-7-8-20(27-2)21(11-16)28-3/h4-12,18,25H,13-15H2,1-3H3. The summed E-state index contributed by atoms with van der Waals surface area (Å²) in [5, 5.41) is 11.1. The maximum atomic E-state index is 10.3. The summed E-state index contributed by atoms with van der Waals surface area (Å²) >= 11 is 1.47. The van der Waals surface area contributed by atoms with E-state index in [2.05, 4.69) is 4.98 Å². The summed E-state index contributed by atoms with van der Waals surface area (Å²) < 4.78 is 23.4. The second-order valence-electron chi connectivity index (χ2n) is 6.45. The predicted octanol–water partition coefficient (Wildman–Crippen LogP) is 3.57. The van der Waals surface area contributed by atoms with E-state index in [1.807, 2.05) is 53.2 Å². The van der Waals surface area contributed by atoms with Crippen molar-refractivity contribution < 1.29 is 24.1 Å². The van der Waals surface area contributed by atoms with E-state index in [1.165, 1.54) is 11.8 Å². The summed E-state index contributed by atoms with van der Waals surface area (Å²) in [6.07, 6.45) is 3.00. The molecule has 0 aliphatic carbocycles. The first-order valence-corrected chi connectivity index (χ1v) is 10.4. The molecule has 1 aromatic heterocycles. The van der Waals surface area contributed by atoms with Crippen LogP contribution in [0.4, 0.5) is 0 Å². The molecule has 0 amide bonds. The van der Waals surface area contributed by atoms with Crippen LogP contribution >= 0.6 is 11.8 Å². The molecular formula is C22H26N2O5S. The van der Waals surface area contributed by atoms with Crippen LogP contribution < -0.4 is 14.2 Å². The summed E-state index contributed by atoms with van der Waals surface area (Å²) in [5.74, 6) is 2.57. The highest BCUT2D eigenvalue weighted by Crippen LogP contribution is 2.28. The third kappa shape index (κ3) is 5.69. The molecule has 0 spiro atoms. The number of imidazole rings is 1. The summed E-state index contributed by atoms with van der Waals surface area (Å²) in [4.78, 5) is 4.39. The van der Waals surface area contributed by atoms with E-state index in [-0.39, 0.29) is 6.61 Å². The number of thioether (sulfide) groups is 1. The topological polar surface area (TPSA) is 75.0 Å². The van der Waals surface area contributed by atoms with Crippen LogP contribution in [0.25, 0.3) is 5.69 Å². The SMILES string of the molecule is COc1cccc(-n2ccnc2SCC(O)COCc2ccc(OC)c(OC)c2)c1. The highest BCUT2D eigenvalue weighted by Gasteiger charge is 2.11. The Labute approximate surface area is 180 Å². The van der Waals surface area contributed by atoms with Gasteiger partial charge in [0.15, 0.2) is 16.7 Å². The Morgan fingerprint density at radius 2 is 1.87 bits per heavy atom. The number of nitrogens with zero attached hydrogens (tertiary/aromatic N) is 2. The molecule has 8 heteroatoms. The van der Waals surface area contributed by atoms with E-state index >= 15 is 0 Å². The van der Waals surface area contributed by atoms with Gasteiger partial charge < -0.3 is 24.1 Å². The fourth-order valence-corrected chi connectivity index (χ4v) is 3.73. The maximum absolute atomic E-state index is 10.3. The summed E-state index contributed by atoms with van der Waals surface area (Å²) in [6, 6.07) is 13.4. The number of benzene rings is 2. The molecule has 160 valence electrons. The van der Waals surface area contributed by atoms with Crippen molar-refractivity contribution in [1.82, 2.24) is 9.55 Å². The first kappa shape index (κ1) is 22.0. The maximum Gasteiger partial charge on any atom is 0.172 e. The van der Waals surface area contributed by atoms with Crippen molar-refractivity contribution in [3.8, 4) is 22.9 Å². The third-order valence-electron chi connectivity index (χ3n) is 4.37. The highest BCUT2D eigenvalue weighted by atomic mass is 32.2. The van der Waals surface area contributed by atoms with Gasteiger partial charge in [-0.05, 0) is 29.8 Å². The van der Waals surface area contributed by atoms with Crippen LogP contribution in [-0.2, 0) is 11.3 Å². The van der Waals surface area contributed by atoms with Crippen LogP contribution in [0.2, 0.25) is 0 Å². The average Bonchev–Trinajstić information content (AvgIpc) is 3.26. The van der Waals surface area contributed by atoms with Crippen molar-refractivity contribution in [3.05, 3.63) is 60.4 Å². The van der Waals surface area contributed by atoms with Gasteiger partial charge in [0.2, 0.25) is 0 Å².